The number of thioether (sulfide) groups is 1. The molecule has 1 aromatic carbocycles. The molecule has 0 amide bonds. The minimum absolute atomic E-state index is 0.282. The van der Waals surface area contributed by atoms with E-state index >= 15 is 0 Å². The molecule has 1 N–H and O–H groups in total. The fourth-order valence-corrected chi connectivity index (χ4v) is 5.01. The SMILES string of the molecule is CCSC1(CNC(=NC)N2CC=C(c3ccccc3)CC2)CCOCC1. The highest BCUT2D eigenvalue weighted by Gasteiger charge is 2.33. The minimum atomic E-state index is 0.282. The van der Waals surface area contributed by atoms with Crippen LogP contribution in [-0.2, 0) is 4.74 Å². The number of guanidine groups is 1. The summed E-state index contributed by atoms with van der Waals surface area (Å²) in [6, 6.07) is 10.7. The number of ether oxygens (including phenoxy) is 1. The van der Waals surface area contributed by atoms with Crippen molar-refractivity contribution in [2.75, 3.05) is 45.6 Å². The van der Waals surface area contributed by atoms with Crippen LogP contribution >= 0.6 is 11.8 Å². The van der Waals surface area contributed by atoms with E-state index < -0.39 is 0 Å². The maximum absolute atomic E-state index is 5.58. The number of rotatable bonds is 5. The lowest BCUT2D eigenvalue weighted by atomic mass is 9.98. The average Bonchev–Trinajstić information content (AvgIpc) is 2.71. The Labute approximate surface area is 162 Å². The Bertz CT molecular complexity index is 618. The van der Waals surface area contributed by atoms with E-state index in [0.29, 0.717) is 0 Å². The highest BCUT2D eigenvalue weighted by molar-refractivity contribution is 8.00. The van der Waals surface area contributed by atoms with Crippen LogP contribution in [-0.4, -0.2) is 61.3 Å². The second kappa shape index (κ2) is 9.47. The summed E-state index contributed by atoms with van der Waals surface area (Å²) in [6.45, 7) is 6.89. The normalized spacial score (nSPS) is 20.6. The second-order valence-corrected chi connectivity index (χ2v) is 8.65. The van der Waals surface area contributed by atoms with Crippen molar-refractivity contribution in [3.63, 3.8) is 0 Å². The number of nitrogens with zero attached hydrogens (tertiary/aromatic N) is 2. The molecule has 2 heterocycles. The molecule has 0 aromatic heterocycles. The lowest BCUT2D eigenvalue weighted by molar-refractivity contribution is 0.0780. The van der Waals surface area contributed by atoms with Gasteiger partial charge in [0.05, 0.1) is 0 Å². The number of hydrogen-bond acceptors (Lipinski definition) is 3. The summed E-state index contributed by atoms with van der Waals surface area (Å²) < 4.78 is 5.87. The molecule has 1 saturated heterocycles. The molecule has 26 heavy (non-hydrogen) atoms. The van der Waals surface area contributed by atoms with Gasteiger partial charge >= 0.3 is 0 Å². The quantitative estimate of drug-likeness (QED) is 0.631. The van der Waals surface area contributed by atoms with Gasteiger partial charge in [-0.3, -0.25) is 4.99 Å². The molecule has 0 saturated carbocycles. The number of aliphatic imine (C=N–C) groups is 1. The molecule has 5 heteroatoms. The van der Waals surface area contributed by atoms with Gasteiger partial charge in [-0.15, -0.1) is 0 Å². The fraction of sp³-hybridized carbons (Fsp3) is 0.571. The predicted octanol–water partition coefficient (Wildman–Crippen LogP) is 3.65. The number of benzene rings is 1. The van der Waals surface area contributed by atoms with Crippen LogP contribution in [0.4, 0.5) is 0 Å². The Morgan fingerprint density at radius 1 is 1.27 bits per heavy atom. The van der Waals surface area contributed by atoms with E-state index in [1.54, 1.807) is 0 Å². The van der Waals surface area contributed by atoms with Gasteiger partial charge in [0.2, 0.25) is 0 Å². The molecule has 2 aliphatic heterocycles. The smallest absolute Gasteiger partial charge is 0.193 e. The average molecular weight is 374 g/mol. The summed E-state index contributed by atoms with van der Waals surface area (Å²) in [5.41, 5.74) is 2.79. The molecule has 0 spiro atoms. The van der Waals surface area contributed by atoms with Crippen molar-refractivity contribution >= 4 is 23.3 Å². The topological polar surface area (TPSA) is 36.9 Å². The van der Waals surface area contributed by atoms with Crippen LogP contribution in [0.15, 0.2) is 41.4 Å². The Hall–Kier alpha value is -1.46. The van der Waals surface area contributed by atoms with Crippen LogP contribution < -0.4 is 5.32 Å². The zero-order chi connectivity index (χ0) is 18.2. The first-order chi connectivity index (χ1) is 12.8. The molecule has 1 fully saturated rings. The standard InChI is InChI=1S/C21H31N3OS/c1-3-26-21(11-15-25-16-12-21)17-23-20(22-2)24-13-9-19(10-14-24)18-7-5-4-6-8-18/h4-9H,3,10-17H2,1-2H3,(H,22,23). The second-order valence-electron chi connectivity index (χ2n) is 6.92. The van der Waals surface area contributed by atoms with Crippen LogP contribution in [0.2, 0.25) is 0 Å². The van der Waals surface area contributed by atoms with E-state index in [9.17, 15) is 0 Å². The Morgan fingerprint density at radius 3 is 2.65 bits per heavy atom. The Balaban J connectivity index is 1.59. The summed E-state index contributed by atoms with van der Waals surface area (Å²) in [5.74, 6) is 2.17. The highest BCUT2D eigenvalue weighted by Crippen LogP contribution is 2.34. The largest absolute Gasteiger partial charge is 0.381 e. The van der Waals surface area contributed by atoms with Gasteiger partial charge < -0.3 is 15.0 Å². The van der Waals surface area contributed by atoms with Crippen LogP contribution in [0.1, 0.15) is 31.7 Å². The van der Waals surface area contributed by atoms with E-state index in [1.807, 2.05) is 7.05 Å². The Morgan fingerprint density at radius 2 is 2.04 bits per heavy atom. The van der Waals surface area contributed by atoms with Gasteiger partial charge in [0, 0.05) is 44.6 Å². The van der Waals surface area contributed by atoms with Gasteiger partial charge in [-0.2, -0.15) is 11.8 Å². The molecule has 2 aliphatic rings. The van der Waals surface area contributed by atoms with Crippen LogP contribution in [0, 0.1) is 0 Å². The van der Waals surface area contributed by atoms with Crippen molar-refractivity contribution in [2.45, 2.75) is 30.9 Å². The molecule has 4 nitrogen and oxygen atoms in total. The molecular weight excluding hydrogens is 342 g/mol. The van der Waals surface area contributed by atoms with Gasteiger partial charge in [-0.25, -0.2) is 0 Å². The van der Waals surface area contributed by atoms with E-state index in [1.165, 1.54) is 11.1 Å². The fourth-order valence-electron chi connectivity index (χ4n) is 3.77. The van der Waals surface area contributed by atoms with Crippen molar-refractivity contribution in [3.8, 4) is 0 Å². The monoisotopic (exact) mass is 373 g/mol. The summed E-state index contributed by atoms with van der Waals surface area (Å²) in [7, 11) is 1.89. The number of nitrogens with one attached hydrogen (secondary N) is 1. The molecule has 0 bridgehead atoms. The first-order valence-electron chi connectivity index (χ1n) is 9.68. The summed E-state index contributed by atoms with van der Waals surface area (Å²) in [4.78, 5) is 6.90. The van der Waals surface area contributed by atoms with Crippen molar-refractivity contribution in [3.05, 3.63) is 42.0 Å². The Kier molecular flexibility index (Phi) is 7.03. The van der Waals surface area contributed by atoms with Crippen LogP contribution in [0.25, 0.3) is 5.57 Å². The third-order valence-corrected chi connectivity index (χ3v) is 6.74. The van der Waals surface area contributed by atoms with Gasteiger partial charge in [-0.1, -0.05) is 43.3 Å². The van der Waals surface area contributed by atoms with Crippen LogP contribution in [0.5, 0.6) is 0 Å². The summed E-state index contributed by atoms with van der Waals surface area (Å²) in [6.07, 6.45) is 5.64. The third-order valence-electron chi connectivity index (χ3n) is 5.29. The van der Waals surface area contributed by atoms with Gasteiger partial charge in [0.15, 0.2) is 5.96 Å². The highest BCUT2D eigenvalue weighted by atomic mass is 32.2. The zero-order valence-electron chi connectivity index (χ0n) is 16.0. The first-order valence-corrected chi connectivity index (χ1v) is 10.7. The van der Waals surface area contributed by atoms with Gasteiger partial charge in [0.1, 0.15) is 0 Å². The zero-order valence-corrected chi connectivity index (χ0v) is 16.9. The number of hydrogen-bond donors (Lipinski definition) is 1. The molecule has 0 unspecified atom stereocenters. The van der Waals surface area contributed by atoms with E-state index in [4.69, 9.17) is 4.74 Å². The molecule has 3 rings (SSSR count). The molecule has 142 valence electrons. The van der Waals surface area contributed by atoms with Crippen molar-refractivity contribution < 1.29 is 4.74 Å². The lowest BCUT2D eigenvalue weighted by Gasteiger charge is -2.38. The predicted molar refractivity (Wildman–Crippen MR) is 113 cm³/mol. The van der Waals surface area contributed by atoms with Gasteiger partial charge in [-0.05, 0) is 36.2 Å². The first kappa shape index (κ1) is 19.3. The van der Waals surface area contributed by atoms with Crippen molar-refractivity contribution in [2.24, 2.45) is 4.99 Å². The maximum atomic E-state index is 5.58. The maximum Gasteiger partial charge on any atom is 0.193 e. The minimum Gasteiger partial charge on any atom is -0.381 e. The van der Waals surface area contributed by atoms with Crippen LogP contribution in [0.3, 0.4) is 0 Å². The molecule has 0 radical (unpaired) electrons. The van der Waals surface area contributed by atoms with E-state index in [2.05, 4.69) is 70.3 Å². The molecular formula is C21H31N3OS. The van der Waals surface area contributed by atoms with Gasteiger partial charge in [0.25, 0.3) is 0 Å². The van der Waals surface area contributed by atoms with E-state index in [-0.39, 0.29) is 4.75 Å². The molecule has 1 aromatic rings. The van der Waals surface area contributed by atoms with Crippen molar-refractivity contribution in [1.29, 1.82) is 0 Å². The summed E-state index contributed by atoms with van der Waals surface area (Å²) >= 11 is 2.07. The van der Waals surface area contributed by atoms with E-state index in [0.717, 1.165) is 63.8 Å². The summed E-state index contributed by atoms with van der Waals surface area (Å²) in [5, 5.41) is 3.66. The van der Waals surface area contributed by atoms with Crippen molar-refractivity contribution in [1.82, 2.24) is 10.2 Å². The molecule has 0 aliphatic carbocycles. The molecule has 0 atom stereocenters. The lowest BCUT2D eigenvalue weighted by Crippen LogP contribution is -2.50. The third kappa shape index (κ3) is 4.83.